The summed E-state index contributed by atoms with van der Waals surface area (Å²) in [7, 11) is 0. The molecule has 31 heavy (non-hydrogen) atoms. The van der Waals surface area contributed by atoms with Crippen molar-refractivity contribution in [1.82, 2.24) is 4.90 Å². The number of rotatable bonds is 8. The van der Waals surface area contributed by atoms with Crippen molar-refractivity contribution >= 4 is 17.5 Å². The molecule has 0 bridgehead atoms. The largest absolute Gasteiger partial charge is 0.490 e. The molecule has 1 N–H and O–H groups in total. The third-order valence-corrected chi connectivity index (χ3v) is 4.72. The lowest BCUT2D eigenvalue weighted by atomic mass is 10.1. The zero-order valence-corrected chi connectivity index (χ0v) is 17.4. The predicted molar refractivity (Wildman–Crippen MR) is 114 cm³/mol. The lowest BCUT2D eigenvalue weighted by molar-refractivity contribution is -0.137. The van der Waals surface area contributed by atoms with Crippen LogP contribution in [0.1, 0.15) is 22.8 Å². The van der Waals surface area contributed by atoms with Crippen LogP contribution in [0.25, 0.3) is 0 Å². The van der Waals surface area contributed by atoms with Crippen molar-refractivity contribution in [3.05, 3.63) is 53.6 Å². The van der Waals surface area contributed by atoms with Gasteiger partial charge < -0.3 is 24.4 Å². The molecule has 2 aromatic carbocycles. The van der Waals surface area contributed by atoms with Crippen molar-refractivity contribution in [3.63, 3.8) is 0 Å². The summed E-state index contributed by atoms with van der Waals surface area (Å²) in [6, 6.07) is 14.0. The number of morpholine rings is 1. The van der Waals surface area contributed by atoms with E-state index in [1.165, 1.54) is 0 Å². The molecule has 1 heterocycles. The molecule has 1 fully saturated rings. The first kappa shape index (κ1) is 22.1. The third kappa shape index (κ3) is 6.20. The Morgan fingerprint density at radius 1 is 1.10 bits per heavy atom. The molecule has 0 atom stereocenters. The van der Waals surface area contributed by atoms with E-state index in [9.17, 15) is 9.59 Å². The molecule has 0 saturated carbocycles. The van der Waals surface area contributed by atoms with Crippen LogP contribution in [0.3, 0.4) is 0 Å². The Balaban J connectivity index is 1.65. The number of hydrogen-bond donors (Lipinski definition) is 1. The van der Waals surface area contributed by atoms with Gasteiger partial charge in [0.1, 0.15) is 0 Å². The highest BCUT2D eigenvalue weighted by molar-refractivity contribution is 6.04. The number of carbonyl (C=O) groups excluding carboxylic acids is 2. The van der Waals surface area contributed by atoms with E-state index in [0.717, 1.165) is 5.56 Å². The van der Waals surface area contributed by atoms with Crippen molar-refractivity contribution < 1.29 is 23.8 Å². The highest BCUT2D eigenvalue weighted by Crippen LogP contribution is 2.29. The number of anilines is 1. The molecule has 162 valence electrons. The Kier molecular flexibility index (Phi) is 7.85. The summed E-state index contributed by atoms with van der Waals surface area (Å²) >= 11 is 0. The van der Waals surface area contributed by atoms with Gasteiger partial charge in [0.2, 0.25) is 0 Å². The van der Waals surface area contributed by atoms with E-state index in [4.69, 9.17) is 19.5 Å². The molecule has 0 aliphatic carbocycles. The summed E-state index contributed by atoms with van der Waals surface area (Å²) in [5, 5.41) is 11.6. The maximum absolute atomic E-state index is 12.6. The first-order valence-corrected chi connectivity index (χ1v) is 10.1. The second-order valence-corrected chi connectivity index (χ2v) is 6.86. The molecule has 2 aromatic rings. The lowest BCUT2D eigenvalue weighted by Gasteiger charge is -2.26. The number of nitrogens with zero attached hydrogens (tertiary/aromatic N) is 2. The van der Waals surface area contributed by atoms with Gasteiger partial charge in [0.25, 0.3) is 11.8 Å². The summed E-state index contributed by atoms with van der Waals surface area (Å²) < 4.78 is 16.5. The van der Waals surface area contributed by atoms with Crippen molar-refractivity contribution in [2.45, 2.75) is 13.3 Å². The number of ether oxygens (including phenoxy) is 3. The molecule has 1 aliphatic rings. The quantitative estimate of drug-likeness (QED) is 0.701. The standard InChI is InChI=1S/C23H25N3O5/c1-2-30-21-15-18(23(28)25-19-6-3-17(4-7-19)9-10-24)5-8-20(21)31-16-22(27)26-11-13-29-14-12-26/h3-8,15H,2,9,11-14,16H2,1H3,(H,25,28). The minimum absolute atomic E-state index is 0.110. The van der Waals surface area contributed by atoms with Crippen LogP contribution in [-0.4, -0.2) is 56.2 Å². The zero-order chi connectivity index (χ0) is 22.1. The van der Waals surface area contributed by atoms with E-state index >= 15 is 0 Å². The monoisotopic (exact) mass is 423 g/mol. The van der Waals surface area contributed by atoms with E-state index in [-0.39, 0.29) is 18.4 Å². The van der Waals surface area contributed by atoms with E-state index < -0.39 is 0 Å². The van der Waals surface area contributed by atoms with Gasteiger partial charge in [0.05, 0.1) is 32.3 Å². The Hall–Kier alpha value is -3.57. The Labute approximate surface area is 181 Å². The molecular weight excluding hydrogens is 398 g/mol. The van der Waals surface area contributed by atoms with Gasteiger partial charge in [-0.25, -0.2) is 0 Å². The number of nitriles is 1. The molecular formula is C23H25N3O5. The van der Waals surface area contributed by atoms with Gasteiger partial charge in [0, 0.05) is 24.3 Å². The van der Waals surface area contributed by atoms with Crippen molar-refractivity contribution in [1.29, 1.82) is 5.26 Å². The molecule has 8 heteroatoms. The minimum atomic E-state index is -0.301. The lowest BCUT2D eigenvalue weighted by Crippen LogP contribution is -2.43. The van der Waals surface area contributed by atoms with Crippen LogP contribution in [0.4, 0.5) is 5.69 Å². The van der Waals surface area contributed by atoms with Crippen molar-refractivity contribution in [2.24, 2.45) is 0 Å². The number of benzene rings is 2. The summed E-state index contributed by atoms with van der Waals surface area (Å²) in [5.41, 5.74) is 1.91. The minimum Gasteiger partial charge on any atom is -0.490 e. The number of nitrogens with one attached hydrogen (secondary N) is 1. The maximum atomic E-state index is 12.6. The molecule has 0 radical (unpaired) electrons. The van der Waals surface area contributed by atoms with Crippen LogP contribution in [0, 0.1) is 11.3 Å². The summed E-state index contributed by atoms with van der Waals surface area (Å²) in [6.07, 6.45) is 0.321. The first-order valence-electron chi connectivity index (χ1n) is 10.1. The SMILES string of the molecule is CCOc1cc(C(=O)Nc2ccc(CC#N)cc2)ccc1OCC(=O)N1CCOCC1. The highest BCUT2D eigenvalue weighted by atomic mass is 16.5. The fourth-order valence-electron chi connectivity index (χ4n) is 3.08. The molecule has 1 aliphatic heterocycles. The van der Waals surface area contributed by atoms with E-state index in [1.54, 1.807) is 47.4 Å². The van der Waals surface area contributed by atoms with Gasteiger partial charge >= 0.3 is 0 Å². The molecule has 1 saturated heterocycles. The van der Waals surface area contributed by atoms with Gasteiger partial charge in [-0.3, -0.25) is 9.59 Å². The van der Waals surface area contributed by atoms with E-state index in [2.05, 4.69) is 11.4 Å². The fraction of sp³-hybridized carbons (Fsp3) is 0.348. The van der Waals surface area contributed by atoms with Crippen molar-refractivity contribution in [2.75, 3.05) is 44.8 Å². The fourth-order valence-corrected chi connectivity index (χ4v) is 3.08. The molecule has 3 rings (SSSR count). The molecule has 0 aromatic heterocycles. The third-order valence-electron chi connectivity index (χ3n) is 4.72. The van der Waals surface area contributed by atoms with Crippen molar-refractivity contribution in [3.8, 4) is 17.6 Å². The Morgan fingerprint density at radius 2 is 1.84 bits per heavy atom. The predicted octanol–water partition coefficient (Wildman–Crippen LogP) is 2.64. The van der Waals surface area contributed by atoms with Gasteiger partial charge in [0.15, 0.2) is 18.1 Å². The van der Waals surface area contributed by atoms with Crippen LogP contribution in [-0.2, 0) is 16.0 Å². The summed E-state index contributed by atoms with van der Waals surface area (Å²) in [4.78, 5) is 26.6. The van der Waals surface area contributed by atoms with Gasteiger partial charge in [-0.1, -0.05) is 12.1 Å². The molecule has 0 spiro atoms. The van der Waals surface area contributed by atoms with E-state index in [0.29, 0.717) is 62.1 Å². The Morgan fingerprint density at radius 3 is 2.52 bits per heavy atom. The van der Waals surface area contributed by atoms with Crippen LogP contribution in [0.5, 0.6) is 11.5 Å². The van der Waals surface area contributed by atoms with Gasteiger partial charge in [-0.05, 0) is 42.8 Å². The van der Waals surface area contributed by atoms with Crippen LogP contribution in [0.15, 0.2) is 42.5 Å². The number of carbonyl (C=O) groups is 2. The second kappa shape index (κ2) is 11.0. The molecule has 0 unspecified atom stereocenters. The first-order chi connectivity index (χ1) is 15.1. The average Bonchev–Trinajstić information content (AvgIpc) is 2.80. The number of amides is 2. The van der Waals surface area contributed by atoms with Crippen LogP contribution >= 0.6 is 0 Å². The second-order valence-electron chi connectivity index (χ2n) is 6.86. The van der Waals surface area contributed by atoms with Crippen LogP contribution in [0.2, 0.25) is 0 Å². The summed E-state index contributed by atoms with van der Waals surface area (Å²) in [6.45, 7) is 4.27. The normalized spacial score (nSPS) is 13.2. The topological polar surface area (TPSA) is 101 Å². The van der Waals surface area contributed by atoms with Gasteiger partial charge in [-0.15, -0.1) is 0 Å². The molecule has 8 nitrogen and oxygen atoms in total. The zero-order valence-electron chi connectivity index (χ0n) is 17.4. The van der Waals surface area contributed by atoms with Gasteiger partial charge in [-0.2, -0.15) is 5.26 Å². The highest BCUT2D eigenvalue weighted by Gasteiger charge is 2.19. The maximum Gasteiger partial charge on any atom is 0.260 e. The Bertz CT molecular complexity index is 947. The number of hydrogen-bond acceptors (Lipinski definition) is 6. The smallest absolute Gasteiger partial charge is 0.260 e. The van der Waals surface area contributed by atoms with Crippen LogP contribution < -0.4 is 14.8 Å². The molecule has 2 amide bonds. The average molecular weight is 423 g/mol. The van der Waals surface area contributed by atoms with E-state index in [1.807, 2.05) is 6.92 Å². The summed E-state index contributed by atoms with van der Waals surface area (Å²) in [5.74, 6) is 0.382.